The summed E-state index contributed by atoms with van der Waals surface area (Å²) in [7, 11) is 2.97. The van der Waals surface area contributed by atoms with Crippen LogP contribution in [0.2, 0.25) is 0 Å². The fourth-order valence-electron chi connectivity index (χ4n) is 1.52. The quantitative estimate of drug-likeness (QED) is 0.389. The van der Waals surface area contributed by atoms with Crippen LogP contribution < -0.4 is 20.5 Å². The largest absolute Gasteiger partial charge is 0.502 e. The van der Waals surface area contributed by atoms with Gasteiger partial charge in [0, 0.05) is 6.54 Å². The number of nitrogens with one attached hydrogen (secondary N) is 1. The molecule has 0 aliphatic heterocycles. The highest BCUT2D eigenvalue weighted by atomic mass is 127. The summed E-state index contributed by atoms with van der Waals surface area (Å²) in [5, 5.41) is 12.8. The lowest BCUT2D eigenvalue weighted by molar-refractivity contribution is 0.339. The summed E-state index contributed by atoms with van der Waals surface area (Å²) in [6.07, 6.45) is 0.983. The first kappa shape index (κ1) is 18.6. The van der Waals surface area contributed by atoms with Crippen LogP contribution in [0, 0.1) is 0 Å². The van der Waals surface area contributed by atoms with E-state index < -0.39 is 0 Å². The summed E-state index contributed by atoms with van der Waals surface area (Å²) in [4.78, 5) is 4.20. The molecule has 0 heterocycles. The van der Waals surface area contributed by atoms with Gasteiger partial charge in [0.05, 0.1) is 20.8 Å². The van der Waals surface area contributed by atoms with Gasteiger partial charge in [-0.1, -0.05) is 6.92 Å². The lowest BCUT2D eigenvalue weighted by Crippen LogP contribution is -2.32. The average molecular weight is 395 g/mol. The fourth-order valence-corrected chi connectivity index (χ4v) is 1.52. The molecule has 0 spiro atoms. The molecule has 1 rings (SSSR count). The molecule has 1 aromatic rings. The standard InChI is InChI=1S/C13H21N3O3.HI/c1-4-5-15-13(14)16-8-9-6-10(18-2)12(17)11(7-9)19-3;/h6-7,17H,4-5,8H2,1-3H3,(H3,14,15,16);1H. The molecule has 0 fully saturated rings. The second kappa shape index (κ2) is 9.51. The van der Waals surface area contributed by atoms with Crippen LogP contribution in [0.3, 0.4) is 0 Å². The predicted octanol–water partition coefficient (Wildman–Crippen LogP) is 1.84. The number of aromatic hydroxyl groups is 1. The highest BCUT2D eigenvalue weighted by molar-refractivity contribution is 14.0. The zero-order chi connectivity index (χ0) is 14.3. The van der Waals surface area contributed by atoms with Gasteiger partial charge in [0.2, 0.25) is 5.75 Å². The number of methoxy groups -OCH3 is 2. The third-order valence-electron chi connectivity index (χ3n) is 2.53. The van der Waals surface area contributed by atoms with Crippen LogP contribution in [-0.2, 0) is 6.54 Å². The number of hydrogen-bond donors (Lipinski definition) is 3. The Hall–Kier alpha value is -1.38. The second-order valence-electron chi connectivity index (χ2n) is 3.98. The first-order valence-electron chi connectivity index (χ1n) is 6.10. The molecule has 0 atom stereocenters. The Bertz CT molecular complexity index is 427. The predicted molar refractivity (Wildman–Crippen MR) is 90.2 cm³/mol. The molecule has 1 aromatic carbocycles. The van der Waals surface area contributed by atoms with Crippen molar-refractivity contribution >= 4 is 29.9 Å². The Labute approximate surface area is 136 Å². The highest BCUT2D eigenvalue weighted by Crippen LogP contribution is 2.37. The molecule has 6 nitrogen and oxygen atoms in total. The first-order chi connectivity index (χ1) is 9.12. The molecule has 0 aliphatic carbocycles. The molecule has 0 aromatic heterocycles. The minimum atomic E-state index is -0.0187. The van der Waals surface area contributed by atoms with E-state index in [-0.39, 0.29) is 29.7 Å². The molecule has 0 saturated heterocycles. The zero-order valence-corrected chi connectivity index (χ0v) is 14.3. The Kier molecular flexibility index (Phi) is 8.86. The van der Waals surface area contributed by atoms with Gasteiger partial charge in [-0.2, -0.15) is 0 Å². The van der Waals surface area contributed by atoms with E-state index in [1.54, 1.807) is 12.1 Å². The van der Waals surface area contributed by atoms with Gasteiger partial charge in [-0.3, -0.25) is 0 Å². The topological polar surface area (TPSA) is 89.1 Å². The molecule has 0 aliphatic rings. The van der Waals surface area contributed by atoms with Gasteiger partial charge < -0.3 is 25.6 Å². The van der Waals surface area contributed by atoms with E-state index in [0.29, 0.717) is 24.0 Å². The number of nitrogens with two attached hydrogens (primary N) is 1. The van der Waals surface area contributed by atoms with Gasteiger partial charge in [-0.05, 0) is 24.1 Å². The molecule has 7 heteroatoms. The minimum absolute atomic E-state index is 0. The van der Waals surface area contributed by atoms with Gasteiger partial charge in [-0.15, -0.1) is 24.0 Å². The summed E-state index contributed by atoms with van der Waals surface area (Å²) >= 11 is 0. The molecule has 114 valence electrons. The van der Waals surface area contributed by atoms with Crippen LogP contribution in [0.15, 0.2) is 17.1 Å². The van der Waals surface area contributed by atoms with E-state index in [2.05, 4.69) is 17.2 Å². The molecule has 4 N–H and O–H groups in total. The molecule has 0 saturated carbocycles. The van der Waals surface area contributed by atoms with Crippen molar-refractivity contribution in [1.82, 2.24) is 5.32 Å². The summed E-state index contributed by atoms with van der Waals surface area (Å²) < 4.78 is 10.1. The number of halogens is 1. The lowest BCUT2D eigenvalue weighted by atomic mass is 10.2. The fraction of sp³-hybridized carbons (Fsp3) is 0.462. The molecule has 0 radical (unpaired) electrons. The summed E-state index contributed by atoms with van der Waals surface area (Å²) in [6, 6.07) is 3.41. The summed E-state index contributed by atoms with van der Waals surface area (Å²) in [5.74, 6) is 1.08. The molecule has 0 unspecified atom stereocenters. The van der Waals surface area contributed by atoms with E-state index in [4.69, 9.17) is 15.2 Å². The van der Waals surface area contributed by atoms with Crippen LogP contribution in [0.4, 0.5) is 0 Å². The Morgan fingerprint density at radius 3 is 2.30 bits per heavy atom. The number of phenolic OH excluding ortho intramolecular Hbond substituents is 1. The second-order valence-corrected chi connectivity index (χ2v) is 3.98. The molecule has 0 bridgehead atoms. The van der Waals surface area contributed by atoms with E-state index in [1.165, 1.54) is 14.2 Å². The maximum atomic E-state index is 9.78. The van der Waals surface area contributed by atoms with E-state index in [0.717, 1.165) is 18.5 Å². The van der Waals surface area contributed by atoms with Crippen LogP contribution in [-0.4, -0.2) is 31.8 Å². The van der Waals surface area contributed by atoms with Gasteiger partial charge in [0.15, 0.2) is 17.5 Å². The van der Waals surface area contributed by atoms with Crippen molar-refractivity contribution in [2.24, 2.45) is 10.7 Å². The van der Waals surface area contributed by atoms with Gasteiger partial charge in [-0.25, -0.2) is 4.99 Å². The van der Waals surface area contributed by atoms with Crippen molar-refractivity contribution in [3.63, 3.8) is 0 Å². The normalized spacial score (nSPS) is 10.7. The Morgan fingerprint density at radius 1 is 1.30 bits per heavy atom. The van der Waals surface area contributed by atoms with Gasteiger partial charge >= 0.3 is 0 Å². The molecular weight excluding hydrogens is 373 g/mol. The smallest absolute Gasteiger partial charge is 0.200 e. The number of ether oxygens (including phenoxy) is 2. The van der Waals surface area contributed by atoms with Crippen LogP contribution >= 0.6 is 24.0 Å². The third kappa shape index (κ3) is 5.32. The minimum Gasteiger partial charge on any atom is -0.502 e. The Morgan fingerprint density at radius 2 is 1.85 bits per heavy atom. The highest BCUT2D eigenvalue weighted by Gasteiger charge is 2.10. The maximum absolute atomic E-state index is 9.78. The van der Waals surface area contributed by atoms with Crippen molar-refractivity contribution < 1.29 is 14.6 Å². The SMILES string of the molecule is CCCNC(N)=NCc1cc(OC)c(O)c(OC)c1.I. The number of phenols is 1. The van der Waals surface area contributed by atoms with E-state index in [9.17, 15) is 5.11 Å². The molecule has 0 amide bonds. The zero-order valence-electron chi connectivity index (χ0n) is 12.0. The number of rotatable bonds is 6. The number of benzene rings is 1. The monoisotopic (exact) mass is 395 g/mol. The van der Waals surface area contributed by atoms with Crippen LogP contribution in [0.5, 0.6) is 17.2 Å². The van der Waals surface area contributed by atoms with Crippen LogP contribution in [0.1, 0.15) is 18.9 Å². The van der Waals surface area contributed by atoms with Crippen molar-refractivity contribution in [2.75, 3.05) is 20.8 Å². The van der Waals surface area contributed by atoms with Crippen molar-refractivity contribution in [3.05, 3.63) is 17.7 Å². The van der Waals surface area contributed by atoms with Gasteiger partial charge in [0.1, 0.15) is 0 Å². The number of aliphatic imine (C=N–C) groups is 1. The third-order valence-corrected chi connectivity index (χ3v) is 2.53. The molecular formula is C13H22IN3O3. The lowest BCUT2D eigenvalue weighted by Gasteiger charge is -2.10. The van der Waals surface area contributed by atoms with E-state index >= 15 is 0 Å². The van der Waals surface area contributed by atoms with Crippen molar-refractivity contribution in [2.45, 2.75) is 19.9 Å². The van der Waals surface area contributed by atoms with Crippen molar-refractivity contribution in [1.29, 1.82) is 0 Å². The Balaban J connectivity index is 0.00000361. The maximum Gasteiger partial charge on any atom is 0.200 e. The van der Waals surface area contributed by atoms with Crippen molar-refractivity contribution in [3.8, 4) is 17.2 Å². The average Bonchev–Trinajstić information content (AvgIpc) is 2.43. The first-order valence-corrected chi connectivity index (χ1v) is 6.10. The molecule has 20 heavy (non-hydrogen) atoms. The number of nitrogens with zero attached hydrogens (tertiary/aromatic N) is 1. The summed E-state index contributed by atoms with van der Waals surface area (Å²) in [6.45, 7) is 3.23. The summed E-state index contributed by atoms with van der Waals surface area (Å²) in [5.41, 5.74) is 6.55. The number of hydrogen-bond acceptors (Lipinski definition) is 4. The van der Waals surface area contributed by atoms with E-state index in [1.807, 2.05) is 0 Å². The van der Waals surface area contributed by atoms with Crippen LogP contribution in [0.25, 0.3) is 0 Å². The van der Waals surface area contributed by atoms with Gasteiger partial charge in [0.25, 0.3) is 0 Å². The number of guanidine groups is 1.